The van der Waals surface area contributed by atoms with Gasteiger partial charge in [0.1, 0.15) is 6.04 Å². The van der Waals surface area contributed by atoms with Crippen molar-refractivity contribution in [2.45, 2.75) is 12.5 Å². The molecule has 1 aliphatic heterocycles. The topological polar surface area (TPSA) is 56.6 Å². The van der Waals surface area contributed by atoms with Crippen molar-refractivity contribution >= 4 is 5.97 Å². The molecule has 1 fully saturated rings. The maximum atomic E-state index is 12.4. The van der Waals surface area contributed by atoms with Crippen LogP contribution in [0.3, 0.4) is 0 Å². The number of rotatable bonds is 5. The Kier molecular flexibility index (Phi) is 6.02. The quantitative estimate of drug-likeness (QED) is 0.771. The Bertz CT molecular complexity index is 581. The first kappa shape index (κ1) is 17.3. The second kappa shape index (κ2) is 7.99. The van der Waals surface area contributed by atoms with E-state index in [0.29, 0.717) is 37.3 Å². The van der Waals surface area contributed by atoms with Crippen molar-refractivity contribution in [3.05, 3.63) is 35.4 Å². The lowest BCUT2D eigenvalue weighted by Crippen LogP contribution is -2.50. The predicted octanol–water partition coefficient (Wildman–Crippen LogP) is 1.66. The minimum atomic E-state index is -2.36. The first-order chi connectivity index (χ1) is 11.0. The van der Waals surface area contributed by atoms with Gasteiger partial charge in [-0.2, -0.15) is 5.26 Å². The van der Waals surface area contributed by atoms with E-state index < -0.39 is 18.4 Å². The van der Waals surface area contributed by atoms with Gasteiger partial charge in [-0.05, 0) is 17.7 Å². The summed E-state index contributed by atoms with van der Waals surface area (Å²) in [5.74, 6) is -0.414. The van der Waals surface area contributed by atoms with E-state index in [0.717, 1.165) is 0 Å². The van der Waals surface area contributed by atoms with Gasteiger partial charge in [-0.3, -0.25) is 9.80 Å². The number of carbonyl (C=O) groups is 1. The van der Waals surface area contributed by atoms with Crippen LogP contribution in [0.2, 0.25) is 0 Å². The number of hydrogen-bond donors (Lipinski definition) is 0. The Hall–Kier alpha value is -2.04. The number of benzene rings is 1. The number of nitriles is 1. The molecule has 124 valence electrons. The van der Waals surface area contributed by atoms with E-state index in [1.165, 1.54) is 7.11 Å². The lowest BCUT2D eigenvalue weighted by atomic mass is 10.0. The zero-order valence-corrected chi connectivity index (χ0v) is 12.9. The number of piperazine rings is 1. The molecule has 1 heterocycles. The lowest BCUT2D eigenvalue weighted by Gasteiger charge is -2.38. The van der Waals surface area contributed by atoms with Gasteiger partial charge in [0, 0.05) is 26.2 Å². The number of methoxy groups -OCH3 is 1. The van der Waals surface area contributed by atoms with Crippen molar-refractivity contribution in [2.24, 2.45) is 0 Å². The summed E-state index contributed by atoms with van der Waals surface area (Å²) in [7, 11) is 1.32. The summed E-state index contributed by atoms with van der Waals surface area (Å²) < 4.78 is 29.8. The normalized spacial score (nSPS) is 17.7. The molecule has 0 radical (unpaired) electrons. The van der Waals surface area contributed by atoms with Gasteiger partial charge in [0.25, 0.3) is 6.43 Å². The van der Waals surface area contributed by atoms with E-state index in [-0.39, 0.29) is 6.54 Å². The average Bonchev–Trinajstić information content (AvgIpc) is 2.56. The summed E-state index contributed by atoms with van der Waals surface area (Å²) in [6, 6.07) is 8.24. The molecule has 0 amide bonds. The third kappa shape index (κ3) is 4.47. The third-order valence-electron chi connectivity index (χ3n) is 3.92. The number of carbonyl (C=O) groups excluding carboxylic acids is 1. The van der Waals surface area contributed by atoms with Crippen molar-refractivity contribution in [2.75, 3.05) is 39.8 Å². The van der Waals surface area contributed by atoms with E-state index in [1.54, 1.807) is 29.2 Å². The van der Waals surface area contributed by atoms with Crippen LogP contribution < -0.4 is 0 Å². The molecular weight excluding hydrogens is 304 g/mol. The standard InChI is InChI=1S/C16H19F2N3O2/c1-23-16(22)15(13-4-2-3-12(9-13)10-19)21-7-5-20(6-8-21)11-14(17)18/h2-4,9,14-15H,5-8,11H2,1H3/t15-/m1/s1. The highest BCUT2D eigenvalue weighted by molar-refractivity contribution is 5.77. The zero-order chi connectivity index (χ0) is 16.8. The number of nitrogens with zero attached hydrogens (tertiary/aromatic N) is 3. The summed E-state index contributed by atoms with van der Waals surface area (Å²) in [4.78, 5) is 15.8. The molecule has 0 saturated carbocycles. The number of esters is 1. The second-order valence-corrected chi connectivity index (χ2v) is 5.39. The molecule has 1 aromatic carbocycles. The molecule has 2 rings (SSSR count). The van der Waals surface area contributed by atoms with Crippen molar-refractivity contribution in [3.63, 3.8) is 0 Å². The summed E-state index contributed by atoms with van der Waals surface area (Å²) in [6.45, 7) is 1.67. The lowest BCUT2D eigenvalue weighted by molar-refractivity contribution is -0.148. The molecule has 23 heavy (non-hydrogen) atoms. The Morgan fingerprint density at radius 3 is 2.61 bits per heavy atom. The molecular formula is C16H19F2N3O2. The molecule has 0 spiro atoms. The van der Waals surface area contributed by atoms with Crippen molar-refractivity contribution in [1.29, 1.82) is 5.26 Å². The summed E-state index contributed by atoms with van der Waals surface area (Å²) in [6.07, 6.45) is -2.36. The molecule has 1 saturated heterocycles. The third-order valence-corrected chi connectivity index (χ3v) is 3.92. The maximum Gasteiger partial charge on any atom is 0.327 e. The van der Waals surface area contributed by atoms with Gasteiger partial charge in [0.15, 0.2) is 0 Å². The van der Waals surface area contributed by atoms with Crippen LogP contribution in [0.4, 0.5) is 8.78 Å². The minimum absolute atomic E-state index is 0.249. The molecule has 7 heteroatoms. The van der Waals surface area contributed by atoms with Crippen LogP contribution in [0.15, 0.2) is 24.3 Å². The molecule has 0 N–H and O–H groups in total. The fourth-order valence-electron chi connectivity index (χ4n) is 2.79. The van der Waals surface area contributed by atoms with Gasteiger partial charge in [-0.25, -0.2) is 13.6 Å². The molecule has 0 aliphatic carbocycles. The largest absolute Gasteiger partial charge is 0.468 e. The monoisotopic (exact) mass is 323 g/mol. The molecule has 1 aliphatic rings. The highest BCUT2D eigenvalue weighted by atomic mass is 19.3. The van der Waals surface area contributed by atoms with Crippen LogP contribution >= 0.6 is 0 Å². The first-order valence-corrected chi connectivity index (χ1v) is 7.37. The van der Waals surface area contributed by atoms with E-state index >= 15 is 0 Å². The maximum absolute atomic E-state index is 12.4. The van der Waals surface area contributed by atoms with E-state index in [1.807, 2.05) is 11.0 Å². The first-order valence-electron chi connectivity index (χ1n) is 7.37. The molecule has 0 aromatic heterocycles. The Morgan fingerprint density at radius 1 is 1.35 bits per heavy atom. The number of alkyl halides is 2. The van der Waals surface area contributed by atoms with Gasteiger partial charge in [-0.15, -0.1) is 0 Å². The van der Waals surface area contributed by atoms with E-state index in [9.17, 15) is 13.6 Å². The molecule has 5 nitrogen and oxygen atoms in total. The van der Waals surface area contributed by atoms with Crippen LogP contribution in [0.25, 0.3) is 0 Å². The van der Waals surface area contributed by atoms with Crippen LogP contribution in [0.1, 0.15) is 17.2 Å². The molecule has 0 bridgehead atoms. The Labute approximate surface area is 134 Å². The Morgan fingerprint density at radius 2 is 2.04 bits per heavy atom. The van der Waals surface area contributed by atoms with Crippen molar-refractivity contribution < 1.29 is 18.3 Å². The number of hydrogen-bond acceptors (Lipinski definition) is 5. The molecule has 1 aromatic rings. The fraction of sp³-hybridized carbons (Fsp3) is 0.500. The minimum Gasteiger partial charge on any atom is -0.468 e. The van der Waals surface area contributed by atoms with Crippen LogP contribution in [-0.4, -0.2) is 62.0 Å². The smallest absolute Gasteiger partial charge is 0.327 e. The van der Waals surface area contributed by atoms with Crippen molar-refractivity contribution in [1.82, 2.24) is 9.80 Å². The fourth-order valence-corrected chi connectivity index (χ4v) is 2.79. The van der Waals surface area contributed by atoms with E-state index in [4.69, 9.17) is 10.00 Å². The molecule has 0 unspecified atom stereocenters. The van der Waals surface area contributed by atoms with Gasteiger partial charge in [-0.1, -0.05) is 12.1 Å². The van der Waals surface area contributed by atoms with Gasteiger partial charge in [0.2, 0.25) is 0 Å². The van der Waals surface area contributed by atoms with Crippen LogP contribution in [0, 0.1) is 11.3 Å². The van der Waals surface area contributed by atoms with Gasteiger partial charge in [0.05, 0.1) is 25.3 Å². The number of ether oxygens (including phenoxy) is 1. The summed E-state index contributed by atoms with van der Waals surface area (Å²) in [5.41, 5.74) is 1.14. The summed E-state index contributed by atoms with van der Waals surface area (Å²) in [5, 5.41) is 9.01. The average molecular weight is 323 g/mol. The van der Waals surface area contributed by atoms with Crippen LogP contribution in [0.5, 0.6) is 0 Å². The zero-order valence-electron chi connectivity index (χ0n) is 12.9. The van der Waals surface area contributed by atoms with E-state index in [2.05, 4.69) is 0 Å². The van der Waals surface area contributed by atoms with Gasteiger partial charge >= 0.3 is 5.97 Å². The molecule has 1 atom stereocenters. The Balaban J connectivity index is 2.14. The SMILES string of the molecule is COC(=O)[C@@H](c1cccc(C#N)c1)N1CCN(CC(F)F)CC1. The number of halogens is 2. The summed E-state index contributed by atoms with van der Waals surface area (Å²) >= 11 is 0. The predicted molar refractivity (Wildman–Crippen MR) is 79.9 cm³/mol. The highest BCUT2D eigenvalue weighted by Crippen LogP contribution is 2.24. The van der Waals surface area contributed by atoms with Crippen LogP contribution in [-0.2, 0) is 9.53 Å². The van der Waals surface area contributed by atoms with Gasteiger partial charge < -0.3 is 4.74 Å². The highest BCUT2D eigenvalue weighted by Gasteiger charge is 2.31. The van der Waals surface area contributed by atoms with Crippen molar-refractivity contribution in [3.8, 4) is 6.07 Å². The second-order valence-electron chi connectivity index (χ2n) is 5.39.